The number of carbonyl (C=O) groups is 2. The summed E-state index contributed by atoms with van der Waals surface area (Å²) < 4.78 is 1.41. The summed E-state index contributed by atoms with van der Waals surface area (Å²) in [7, 11) is 0. The Bertz CT molecular complexity index is 1090. The fourth-order valence-electron chi connectivity index (χ4n) is 3.52. The molecule has 8 nitrogen and oxygen atoms in total. The molecule has 1 aromatic carbocycles. The molecule has 1 aliphatic rings. The first-order valence-electron chi connectivity index (χ1n) is 10.5. The highest BCUT2D eigenvalue weighted by Crippen LogP contribution is 2.39. The summed E-state index contributed by atoms with van der Waals surface area (Å²) in [5.41, 5.74) is 2.79. The van der Waals surface area contributed by atoms with Gasteiger partial charge in [0.25, 0.3) is 5.91 Å². The molecule has 0 atom stereocenters. The van der Waals surface area contributed by atoms with Crippen LogP contribution in [0.5, 0.6) is 5.75 Å². The lowest BCUT2D eigenvalue weighted by Gasteiger charge is -2.25. The molecular weight excluding hydrogens is 394 g/mol. The number of hydrogen-bond acceptors (Lipinski definition) is 5. The van der Waals surface area contributed by atoms with Crippen molar-refractivity contribution in [1.29, 1.82) is 0 Å². The van der Waals surface area contributed by atoms with E-state index in [0.29, 0.717) is 29.1 Å². The zero-order valence-corrected chi connectivity index (χ0v) is 17.3. The van der Waals surface area contributed by atoms with Crippen LogP contribution in [0.15, 0.2) is 48.8 Å². The lowest BCUT2D eigenvalue weighted by molar-refractivity contribution is 0.102. The summed E-state index contributed by atoms with van der Waals surface area (Å²) in [6.45, 7) is 2.56. The minimum absolute atomic E-state index is 0.0284. The fraction of sp³-hybridized carbons (Fsp3) is 0.304. The Hall–Kier alpha value is -3.68. The van der Waals surface area contributed by atoms with Crippen LogP contribution in [0.25, 0.3) is 11.3 Å². The van der Waals surface area contributed by atoms with Crippen molar-refractivity contribution in [1.82, 2.24) is 20.1 Å². The highest BCUT2D eigenvalue weighted by Gasteiger charge is 2.27. The van der Waals surface area contributed by atoms with Crippen LogP contribution >= 0.6 is 0 Å². The van der Waals surface area contributed by atoms with Gasteiger partial charge in [0.05, 0.1) is 11.4 Å². The number of rotatable bonds is 6. The average molecular weight is 419 g/mol. The Kier molecular flexibility index (Phi) is 5.97. The second kappa shape index (κ2) is 8.99. The Balaban J connectivity index is 1.64. The number of aromatic hydroxyl groups is 1. The zero-order chi connectivity index (χ0) is 21.8. The van der Waals surface area contributed by atoms with Crippen molar-refractivity contribution < 1.29 is 14.7 Å². The van der Waals surface area contributed by atoms with E-state index in [1.807, 2.05) is 13.0 Å². The van der Waals surface area contributed by atoms with E-state index >= 15 is 0 Å². The molecule has 1 aliphatic carbocycles. The predicted octanol–water partition coefficient (Wildman–Crippen LogP) is 4.14. The Morgan fingerprint density at radius 2 is 1.94 bits per heavy atom. The largest absolute Gasteiger partial charge is 0.507 e. The van der Waals surface area contributed by atoms with Crippen molar-refractivity contribution in [2.45, 2.75) is 38.5 Å². The molecule has 3 N–H and O–H groups in total. The first-order valence-corrected chi connectivity index (χ1v) is 10.5. The van der Waals surface area contributed by atoms with Crippen LogP contribution in [0, 0.1) is 0 Å². The van der Waals surface area contributed by atoms with Gasteiger partial charge in [-0.05, 0) is 55.7 Å². The van der Waals surface area contributed by atoms with E-state index < -0.39 is 0 Å². The Morgan fingerprint density at radius 3 is 2.61 bits per heavy atom. The van der Waals surface area contributed by atoms with Crippen LogP contribution in [-0.4, -0.2) is 38.4 Å². The molecule has 1 saturated carbocycles. The van der Waals surface area contributed by atoms with Crippen LogP contribution in [0.4, 0.5) is 10.5 Å². The van der Waals surface area contributed by atoms with E-state index in [9.17, 15) is 14.7 Å². The SMILES string of the molecule is CCCNC(=O)n1nc(-c2cc(NC(=O)c3ccncc3)ccc2O)cc1C1CCC1. The molecule has 0 radical (unpaired) electrons. The second-order valence-corrected chi connectivity index (χ2v) is 7.65. The normalized spacial score (nSPS) is 13.5. The van der Waals surface area contributed by atoms with Gasteiger partial charge in [-0.1, -0.05) is 13.3 Å². The summed E-state index contributed by atoms with van der Waals surface area (Å²) in [6, 6.07) is 9.63. The molecule has 0 aliphatic heterocycles. The monoisotopic (exact) mass is 419 g/mol. The van der Waals surface area contributed by atoms with Crippen molar-refractivity contribution >= 4 is 17.6 Å². The molecule has 0 saturated heterocycles. The number of benzene rings is 1. The second-order valence-electron chi connectivity index (χ2n) is 7.65. The third-order valence-electron chi connectivity index (χ3n) is 5.45. The van der Waals surface area contributed by atoms with Crippen molar-refractivity contribution in [2.75, 3.05) is 11.9 Å². The zero-order valence-electron chi connectivity index (χ0n) is 17.3. The molecule has 0 bridgehead atoms. The summed E-state index contributed by atoms with van der Waals surface area (Å²) >= 11 is 0. The quantitative estimate of drug-likeness (QED) is 0.520. The molecule has 0 spiro atoms. The van der Waals surface area contributed by atoms with E-state index in [0.717, 1.165) is 31.4 Å². The van der Waals surface area contributed by atoms with Gasteiger partial charge in [0.15, 0.2) is 0 Å². The minimum Gasteiger partial charge on any atom is -0.507 e. The molecule has 3 aromatic rings. The first-order chi connectivity index (χ1) is 15.1. The van der Waals surface area contributed by atoms with Crippen molar-refractivity contribution in [3.63, 3.8) is 0 Å². The summed E-state index contributed by atoms with van der Waals surface area (Å²) in [6.07, 6.45) is 7.09. The van der Waals surface area contributed by atoms with E-state index in [1.165, 1.54) is 10.7 Å². The molecule has 8 heteroatoms. The third-order valence-corrected chi connectivity index (χ3v) is 5.45. The van der Waals surface area contributed by atoms with Crippen molar-refractivity contribution in [3.8, 4) is 17.0 Å². The van der Waals surface area contributed by atoms with Crippen LogP contribution in [0.1, 0.15) is 54.6 Å². The number of anilines is 1. The number of pyridine rings is 1. The third kappa shape index (κ3) is 4.42. The molecular formula is C23H25N5O3. The molecule has 2 heterocycles. The molecule has 2 aromatic heterocycles. The van der Waals surface area contributed by atoms with Gasteiger partial charge in [0, 0.05) is 41.7 Å². The van der Waals surface area contributed by atoms with Gasteiger partial charge in [-0.3, -0.25) is 9.78 Å². The molecule has 4 rings (SSSR count). The van der Waals surface area contributed by atoms with Gasteiger partial charge in [-0.2, -0.15) is 9.78 Å². The number of hydrogen-bond donors (Lipinski definition) is 3. The smallest absolute Gasteiger partial charge is 0.342 e. The van der Waals surface area contributed by atoms with Gasteiger partial charge in [0.1, 0.15) is 5.75 Å². The highest BCUT2D eigenvalue weighted by atomic mass is 16.3. The summed E-state index contributed by atoms with van der Waals surface area (Å²) in [4.78, 5) is 29.0. The summed E-state index contributed by atoms with van der Waals surface area (Å²) in [5.74, 6) is 0.0321. The molecule has 0 unspecified atom stereocenters. The number of nitrogens with zero attached hydrogens (tertiary/aromatic N) is 3. The maximum Gasteiger partial charge on any atom is 0.342 e. The van der Waals surface area contributed by atoms with E-state index in [4.69, 9.17) is 0 Å². The van der Waals surface area contributed by atoms with Gasteiger partial charge in [-0.25, -0.2) is 4.79 Å². The fourth-order valence-corrected chi connectivity index (χ4v) is 3.52. The van der Waals surface area contributed by atoms with Gasteiger partial charge < -0.3 is 15.7 Å². The number of nitrogens with one attached hydrogen (secondary N) is 2. The summed E-state index contributed by atoms with van der Waals surface area (Å²) in [5, 5.41) is 20.6. The maximum absolute atomic E-state index is 12.6. The van der Waals surface area contributed by atoms with E-state index in [1.54, 1.807) is 36.7 Å². The Morgan fingerprint density at radius 1 is 1.16 bits per heavy atom. The molecule has 160 valence electrons. The van der Waals surface area contributed by atoms with Crippen LogP contribution in [0.2, 0.25) is 0 Å². The average Bonchev–Trinajstić information content (AvgIpc) is 3.17. The topological polar surface area (TPSA) is 109 Å². The number of aromatic nitrogens is 3. The molecule has 31 heavy (non-hydrogen) atoms. The van der Waals surface area contributed by atoms with E-state index in [2.05, 4.69) is 20.7 Å². The van der Waals surface area contributed by atoms with Crippen LogP contribution in [-0.2, 0) is 0 Å². The number of phenolic OH excluding ortho intramolecular Hbond substituents is 1. The van der Waals surface area contributed by atoms with E-state index in [-0.39, 0.29) is 23.6 Å². The molecule has 2 amide bonds. The molecule has 1 fully saturated rings. The van der Waals surface area contributed by atoms with Gasteiger partial charge in [0.2, 0.25) is 0 Å². The van der Waals surface area contributed by atoms with Crippen molar-refractivity contribution in [2.24, 2.45) is 0 Å². The lowest BCUT2D eigenvalue weighted by Crippen LogP contribution is -2.32. The van der Waals surface area contributed by atoms with Crippen LogP contribution in [0.3, 0.4) is 0 Å². The number of phenols is 1. The number of carbonyl (C=O) groups excluding carboxylic acids is 2. The number of amides is 2. The predicted molar refractivity (Wildman–Crippen MR) is 117 cm³/mol. The highest BCUT2D eigenvalue weighted by molar-refractivity contribution is 6.04. The first kappa shape index (κ1) is 20.6. The maximum atomic E-state index is 12.6. The lowest BCUT2D eigenvalue weighted by atomic mass is 9.82. The Labute approximate surface area is 180 Å². The van der Waals surface area contributed by atoms with Crippen LogP contribution < -0.4 is 10.6 Å². The standard InChI is InChI=1S/C23H25N5O3/c1-2-10-25-23(31)28-20(15-4-3-5-15)14-19(27-28)18-13-17(6-7-21(18)29)26-22(30)16-8-11-24-12-9-16/h6-9,11-15,29H,2-5,10H2,1H3,(H,25,31)(H,26,30). The van der Waals surface area contributed by atoms with Gasteiger partial charge >= 0.3 is 6.03 Å². The van der Waals surface area contributed by atoms with Gasteiger partial charge in [-0.15, -0.1) is 0 Å². The van der Waals surface area contributed by atoms with Crippen molar-refractivity contribution in [3.05, 3.63) is 60.0 Å². The minimum atomic E-state index is -0.279.